The lowest BCUT2D eigenvalue weighted by Crippen LogP contribution is -2.48. The van der Waals surface area contributed by atoms with Crippen molar-refractivity contribution in [3.63, 3.8) is 0 Å². The van der Waals surface area contributed by atoms with Crippen molar-refractivity contribution in [2.75, 3.05) is 18.6 Å². The smallest absolute Gasteiger partial charge is 0.325 e. The number of hydrogen-bond donors (Lipinski definition) is 2. The van der Waals surface area contributed by atoms with E-state index in [1.807, 2.05) is 11.8 Å². The van der Waals surface area contributed by atoms with Gasteiger partial charge in [-0.2, -0.15) is 11.8 Å². The molecule has 1 fully saturated rings. The van der Waals surface area contributed by atoms with Gasteiger partial charge in [0.1, 0.15) is 6.04 Å². The van der Waals surface area contributed by atoms with E-state index >= 15 is 0 Å². The molecule has 0 spiro atoms. The van der Waals surface area contributed by atoms with Crippen molar-refractivity contribution in [3.8, 4) is 0 Å². The number of amides is 2. The maximum atomic E-state index is 11.6. The van der Waals surface area contributed by atoms with Crippen molar-refractivity contribution in [2.24, 2.45) is 0 Å². The number of carboxylic acid groups (broad SMARTS) is 1. The van der Waals surface area contributed by atoms with Gasteiger partial charge in [-0.05, 0) is 19.1 Å². The third kappa shape index (κ3) is 3.30. The van der Waals surface area contributed by atoms with Crippen LogP contribution in [0.3, 0.4) is 0 Å². The summed E-state index contributed by atoms with van der Waals surface area (Å²) in [5.41, 5.74) is 0. The Balaban J connectivity index is 2.41. The fourth-order valence-corrected chi connectivity index (χ4v) is 2.61. The molecule has 0 aromatic carbocycles. The van der Waals surface area contributed by atoms with Gasteiger partial charge in [-0.25, -0.2) is 4.79 Å². The van der Waals surface area contributed by atoms with Gasteiger partial charge in [-0.1, -0.05) is 0 Å². The summed E-state index contributed by atoms with van der Waals surface area (Å²) in [6.07, 6.45) is 0.982. The number of carboxylic acids is 1. The monoisotopic (exact) mass is 232 g/mol. The molecule has 5 nitrogen and oxygen atoms in total. The molecule has 86 valence electrons. The Morgan fingerprint density at radius 2 is 2.27 bits per heavy atom. The molecule has 1 aliphatic rings. The quantitative estimate of drug-likeness (QED) is 0.748. The second-order valence-corrected chi connectivity index (χ2v) is 4.79. The molecule has 6 heteroatoms. The molecular weight excluding hydrogens is 216 g/mol. The van der Waals surface area contributed by atoms with E-state index in [0.29, 0.717) is 0 Å². The van der Waals surface area contributed by atoms with E-state index in [-0.39, 0.29) is 12.1 Å². The lowest BCUT2D eigenvalue weighted by Gasteiger charge is -2.25. The SMILES string of the molecule is C[C@H](NC(=O)N(C)C1CCSC1)C(=O)O. The van der Waals surface area contributed by atoms with Crippen LogP contribution in [0.4, 0.5) is 4.79 Å². The van der Waals surface area contributed by atoms with E-state index < -0.39 is 12.0 Å². The largest absolute Gasteiger partial charge is 0.480 e. The van der Waals surface area contributed by atoms with E-state index in [0.717, 1.165) is 17.9 Å². The molecule has 1 rings (SSSR count). The van der Waals surface area contributed by atoms with E-state index in [1.54, 1.807) is 11.9 Å². The lowest BCUT2D eigenvalue weighted by atomic mass is 10.2. The molecule has 0 aromatic heterocycles. The van der Waals surface area contributed by atoms with E-state index in [1.165, 1.54) is 6.92 Å². The number of hydrogen-bond acceptors (Lipinski definition) is 3. The summed E-state index contributed by atoms with van der Waals surface area (Å²) >= 11 is 1.82. The summed E-state index contributed by atoms with van der Waals surface area (Å²) in [5, 5.41) is 11.1. The second-order valence-electron chi connectivity index (χ2n) is 3.64. The number of carbonyl (C=O) groups excluding carboxylic acids is 1. The third-order valence-corrected chi connectivity index (χ3v) is 3.63. The Kier molecular flexibility index (Phi) is 4.26. The minimum absolute atomic E-state index is 0.232. The van der Waals surface area contributed by atoms with Gasteiger partial charge in [-0.15, -0.1) is 0 Å². The Morgan fingerprint density at radius 3 is 2.73 bits per heavy atom. The lowest BCUT2D eigenvalue weighted by molar-refractivity contribution is -0.138. The third-order valence-electron chi connectivity index (χ3n) is 2.48. The molecule has 0 aromatic rings. The van der Waals surface area contributed by atoms with Crippen LogP contribution in [0.1, 0.15) is 13.3 Å². The minimum atomic E-state index is -1.02. The molecule has 2 atom stereocenters. The molecule has 1 unspecified atom stereocenters. The maximum Gasteiger partial charge on any atom is 0.325 e. The van der Waals surface area contributed by atoms with Crippen molar-refractivity contribution >= 4 is 23.8 Å². The Bertz CT molecular complexity index is 254. The molecule has 0 aliphatic carbocycles. The summed E-state index contributed by atoms with van der Waals surface area (Å²) in [5.74, 6) is 0.986. The zero-order valence-electron chi connectivity index (χ0n) is 8.90. The van der Waals surface area contributed by atoms with Crippen LogP contribution in [0, 0.1) is 0 Å². The van der Waals surface area contributed by atoms with Gasteiger partial charge in [0.25, 0.3) is 0 Å². The van der Waals surface area contributed by atoms with Crippen molar-refractivity contribution in [2.45, 2.75) is 25.4 Å². The number of carbonyl (C=O) groups is 2. The zero-order chi connectivity index (χ0) is 11.4. The molecule has 0 bridgehead atoms. The zero-order valence-corrected chi connectivity index (χ0v) is 9.71. The first-order chi connectivity index (χ1) is 7.02. The molecular formula is C9H16N2O3S. The number of urea groups is 1. The van der Waals surface area contributed by atoms with Gasteiger partial charge in [0.2, 0.25) is 0 Å². The summed E-state index contributed by atoms with van der Waals surface area (Å²) in [4.78, 5) is 23.7. The van der Waals surface area contributed by atoms with Crippen LogP contribution in [0.5, 0.6) is 0 Å². The highest BCUT2D eigenvalue weighted by Crippen LogP contribution is 2.21. The standard InChI is InChI=1S/C9H16N2O3S/c1-6(8(12)13)10-9(14)11(2)7-3-4-15-5-7/h6-7H,3-5H2,1-2H3,(H,10,14)(H,12,13)/t6-,7?/m0/s1. The van der Waals surface area contributed by atoms with Gasteiger partial charge in [0.05, 0.1) is 0 Å². The Hall–Kier alpha value is -0.910. The first kappa shape index (κ1) is 12.2. The fourth-order valence-electron chi connectivity index (χ4n) is 1.34. The number of rotatable bonds is 3. The van der Waals surface area contributed by atoms with Crippen LogP contribution < -0.4 is 5.32 Å². The second kappa shape index (κ2) is 5.25. The van der Waals surface area contributed by atoms with E-state index in [2.05, 4.69) is 5.32 Å². The number of aliphatic carboxylic acids is 1. The molecule has 0 saturated carbocycles. The molecule has 2 N–H and O–H groups in total. The van der Waals surface area contributed by atoms with Crippen molar-refractivity contribution in [3.05, 3.63) is 0 Å². The van der Waals surface area contributed by atoms with Gasteiger partial charge in [-0.3, -0.25) is 4.79 Å². The summed E-state index contributed by atoms with van der Waals surface area (Å²) in [6.45, 7) is 1.46. The fraction of sp³-hybridized carbons (Fsp3) is 0.778. The van der Waals surface area contributed by atoms with Crippen LogP contribution in [-0.2, 0) is 4.79 Å². The molecule has 1 heterocycles. The summed E-state index contributed by atoms with van der Waals surface area (Å²) in [7, 11) is 1.71. The van der Waals surface area contributed by atoms with Gasteiger partial charge in [0, 0.05) is 18.8 Å². The van der Waals surface area contributed by atoms with Crippen LogP contribution in [-0.4, -0.2) is 52.6 Å². The first-order valence-corrected chi connectivity index (χ1v) is 6.01. The topological polar surface area (TPSA) is 69.6 Å². The van der Waals surface area contributed by atoms with Gasteiger partial charge >= 0.3 is 12.0 Å². The van der Waals surface area contributed by atoms with E-state index in [4.69, 9.17) is 5.11 Å². The molecule has 15 heavy (non-hydrogen) atoms. The van der Waals surface area contributed by atoms with Crippen molar-refractivity contribution in [1.29, 1.82) is 0 Å². The Labute approximate surface area is 93.2 Å². The highest BCUT2D eigenvalue weighted by atomic mass is 32.2. The molecule has 0 radical (unpaired) electrons. The summed E-state index contributed by atoms with van der Waals surface area (Å²) < 4.78 is 0. The number of nitrogens with one attached hydrogen (secondary N) is 1. The average Bonchev–Trinajstić information content (AvgIpc) is 2.68. The minimum Gasteiger partial charge on any atom is -0.480 e. The predicted octanol–water partition coefficient (Wildman–Crippen LogP) is 0.606. The first-order valence-electron chi connectivity index (χ1n) is 4.86. The van der Waals surface area contributed by atoms with Gasteiger partial charge in [0.15, 0.2) is 0 Å². The number of nitrogens with zero attached hydrogens (tertiary/aromatic N) is 1. The van der Waals surface area contributed by atoms with Crippen molar-refractivity contribution < 1.29 is 14.7 Å². The van der Waals surface area contributed by atoms with Gasteiger partial charge < -0.3 is 15.3 Å². The van der Waals surface area contributed by atoms with Crippen LogP contribution in [0.25, 0.3) is 0 Å². The summed E-state index contributed by atoms with van der Waals surface area (Å²) in [6, 6.07) is -0.914. The maximum absolute atomic E-state index is 11.6. The highest BCUT2D eigenvalue weighted by molar-refractivity contribution is 7.99. The molecule has 2 amide bonds. The predicted molar refractivity (Wildman–Crippen MR) is 59.1 cm³/mol. The molecule has 1 saturated heterocycles. The van der Waals surface area contributed by atoms with Crippen LogP contribution in [0.2, 0.25) is 0 Å². The van der Waals surface area contributed by atoms with Crippen molar-refractivity contribution in [1.82, 2.24) is 10.2 Å². The Morgan fingerprint density at radius 1 is 1.60 bits per heavy atom. The van der Waals surface area contributed by atoms with Crippen LogP contribution in [0.15, 0.2) is 0 Å². The normalized spacial score (nSPS) is 22.1. The number of thioether (sulfide) groups is 1. The van der Waals surface area contributed by atoms with Crippen LogP contribution >= 0.6 is 11.8 Å². The van der Waals surface area contributed by atoms with E-state index in [9.17, 15) is 9.59 Å². The molecule has 1 aliphatic heterocycles. The average molecular weight is 232 g/mol. The highest BCUT2D eigenvalue weighted by Gasteiger charge is 2.25.